The third kappa shape index (κ3) is 10.4. The van der Waals surface area contributed by atoms with E-state index in [1.165, 1.54) is 0 Å². The first-order valence-corrected chi connectivity index (χ1v) is 2.54. The molecule has 10 heavy (non-hydrogen) atoms. The fourth-order valence-corrected chi connectivity index (χ4v) is 0.266. The Balaban J connectivity index is -0.000000149. The van der Waals surface area contributed by atoms with Crippen LogP contribution in [0.5, 0.6) is 0 Å². The largest absolute Gasteiger partial charge is 0.483 e. The summed E-state index contributed by atoms with van der Waals surface area (Å²) < 4.78 is 4.67. The minimum absolute atomic E-state index is 0. The molecule has 62 valence electrons. The summed E-state index contributed by atoms with van der Waals surface area (Å²) in [6, 6.07) is 0. The maximum atomic E-state index is 5.14. The van der Waals surface area contributed by atoms with E-state index in [1.54, 1.807) is 14.2 Å². The van der Waals surface area contributed by atoms with Crippen LogP contribution in [0.2, 0.25) is 0 Å². The van der Waals surface area contributed by atoms with Crippen LogP contribution in [0.3, 0.4) is 0 Å². The van der Waals surface area contributed by atoms with E-state index in [0.29, 0.717) is 12.4 Å². The van der Waals surface area contributed by atoms with E-state index in [4.69, 9.17) is 5.73 Å². The van der Waals surface area contributed by atoms with Gasteiger partial charge in [0.15, 0.2) is 5.90 Å². The van der Waals surface area contributed by atoms with Crippen molar-refractivity contribution in [2.45, 2.75) is 0 Å². The number of hydrogen-bond donors (Lipinski definition) is 1. The van der Waals surface area contributed by atoms with Crippen molar-refractivity contribution in [2.24, 2.45) is 10.7 Å². The minimum atomic E-state index is 0. The van der Waals surface area contributed by atoms with Crippen molar-refractivity contribution in [3.8, 4) is 0 Å². The predicted molar refractivity (Wildman–Crippen MR) is 47.9 cm³/mol. The fourth-order valence-electron chi connectivity index (χ4n) is 0.266. The van der Waals surface area contributed by atoms with E-state index < -0.39 is 0 Å². The first kappa shape index (κ1) is 16.2. The highest BCUT2D eigenvalue weighted by Crippen LogP contribution is 1.70. The summed E-state index contributed by atoms with van der Waals surface area (Å²) in [6.45, 7) is 6.38. The SMILES string of the molecule is C=C.CN=C(CN)OC.Cl. The molecule has 0 saturated carbocycles. The van der Waals surface area contributed by atoms with Gasteiger partial charge in [0.1, 0.15) is 0 Å². The van der Waals surface area contributed by atoms with Gasteiger partial charge in [0.05, 0.1) is 13.7 Å². The van der Waals surface area contributed by atoms with Gasteiger partial charge in [-0.1, -0.05) is 0 Å². The molecule has 0 unspecified atom stereocenters. The van der Waals surface area contributed by atoms with Gasteiger partial charge in [0, 0.05) is 7.05 Å². The van der Waals surface area contributed by atoms with Gasteiger partial charge in [-0.3, -0.25) is 4.99 Å². The average Bonchev–Trinajstić information content (AvgIpc) is 1.96. The molecule has 0 aliphatic heterocycles. The minimum Gasteiger partial charge on any atom is -0.483 e. The van der Waals surface area contributed by atoms with E-state index in [-0.39, 0.29) is 12.4 Å². The Labute approximate surface area is 68.4 Å². The van der Waals surface area contributed by atoms with E-state index in [1.807, 2.05) is 0 Å². The molecule has 0 aromatic heterocycles. The van der Waals surface area contributed by atoms with Crippen LogP contribution in [-0.4, -0.2) is 26.6 Å². The lowest BCUT2D eigenvalue weighted by atomic mass is 10.7. The Morgan fingerprint density at radius 1 is 1.60 bits per heavy atom. The predicted octanol–water partition coefficient (Wildman–Crippen LogP) is 0.844. The summed E-state index contributed by atoms with van der Waals surface area (Å²) in [5, 5.41) is 0. The molecular formula is C6H15ClN2O. The molecule has 0 aromatic rings. The van der Waals surface area contributed by atoms with Crippen LogP contribution in [0.15, 0.2) is 18.2 Å². The zero-order valence-corrected chi connectivity index (χ0v) is 7.28. The van der Waals surface area contributed by atoms with Gasteiger partial charge in [0.2, 0.25) is 0 Å². The number of nitrogens with two attached hydrogens (primary N) is 1. The van der Waals surface area contributed by atoms with Gasteiger partial charge in [-0.05, 0) is 0 Å². The Bertz CT molecular complexity index is 79.8. The summed E-state index contributed by atoms with van der Waals surface area (Å²) >= 11 is 0. The smallest absolute Gasteiger partial charge is 0.196 e. The Kier molecular flexibility index (Phi) is 25.6. The summed E-state index contributed by atoms with van der Waals surface area (Å²) in [7, 11) is 3.20. The van der Waals surface area contributed by atoms with Crippen LogP contribution in [0.4, 0.5) is 0 Å². The standard InChI is InChI=1S/C4H10N2O.C2H4.ClH/c1-6-4(3-5)7-2;1-2;/h3,5H2,1-2H3;1-2H2;1H. The first-order valence-electron chi connectivity index (χ1n) is 2.54. The second-order valence-corrected chi connectivity index (χ2v) is 1.03. The highest BCUT2D eigenvalue weighted by molar-refractivity contribution is 5.85. The Morgan fingerprint density at radius 3 is 2.00 bits per heavy atom. The molecule has 0 aliphatic carbocycles. The molecule has 0 spiro atoms. The number of aliphatic imine (C=N–C) groups is 1. The number of hydrogen-bond acceptors (Lipinski definition) is 3. The van der Waals surface area contributed by atoms with Crippen molar-refractivity contribution in [1.29, 1.82) is 0 Å². The monoisotopic (exact) mass is 166 g/mol. The molecule has 0 heterocycles. The summed E-state index contributed by atoms with van der Waals surface area (Å²) in [5.74, 6) is 0.583. The maximum absolute atomic E-state index is 5.14. The summed E-state index contributed by atoms with van der Waals surface area (Å²) in [5.41, 5.74) is 5.14. The van der Waals surface area contributed by atoms with Gasteiger partial charge in [-0.25, -0.2) is 0 Å². The van der Waals surface area contributed by atoms with Gasteiger partial charge in [-0.15, -0.1) is 25.6 Å². The molecular weight excluding hydrogens is 152 g/mol. The van der Waals surface area contributed by atoms with Crippen molar-refractivity contribution >= 4 is 18.3 Å². The molecule has 0 atom stereocenters. The Hall–Kier alpha value is -0.540. The van der Waals surface area contributed by atoms with Crippen LogP contribution in [-0.2, 0) is 4.74 Å². The van der Waals surface area contributed by atoms with Crippen molar-refractivity contribution in [3.63, 3.8) is 0 Å². The van der Waals surface area contributed by atoms with E-state index >= 15 is 0 Å². The van der Waals surface area contributed by atoms with Crippen molar-refractivity contribution in [3.05, 3.63) is 13.2 Å². The lowest BCUT2D eigenvalue weighted by molar-refractivity contribution is 0.395. The fraction of sp³-hybridized carbons (Fsp3) is 0.500. The Morgan fingerprint density at radius 2 is 2.00 bits per heavy atom. The molecule has 0 rings (SSSR count). The van der Waals surface area contributed by atoms with E-state index in [0.717, 1.165) is 0 Å². The van der Waals surface area contributed by atoms with Crippen LogP contribution in [0.1, 0.15) is 0 Å². The van der Waals surface area contributed by atoms with Crippen LogP contribution in [0.25, 0.3) is 0 Å². The highest BCUT2D eigenvalue weighted by Gasteiger charge is 1.85. The third-order valence-electron chi connectivity index (χ3n) is 0.660. The van der Waals surface area contributed by atoms with Gasteiger partial charge < -0.3 is 10.5 Å². The molecule has 0 bridgehead atoms. The second kappa shape index (κ2) is 15.8. The average molecular weight is 167 g/mol. The summed E-state index contributed by atoms with van der Waals surface area (Å²) in [6.07, 6.45) is 0. The lowest BCUT2D eigenvalue weighted by Crippen LogP contribution is -2.14. The highest BCUT2D eigenvalue weighted by atomic mass is 35.5. The molecule has 0 aromatic carbocycles. The third-order valence-corrected chi connectivity index (χ3v) is 0.660. The molecule has 3 nitrogen and oxygen atoms in total. The van der Waals surface area contributed by atoms with Crippen molar-refractivity contribution in [1.82, 2.24) is 0 Å². The zero-order chi connectivity index (χ0) is 7.70. The molecule has 0 fully saturated rings. The molecule has 4 heteroatoms. The zero-order valence-electron chi connectivity index (χ0n) is 6.46. The van der Waals surface area contributed by atoms with Crippen molar-refractivity contribution in [2.75, 3.05) is 20.7 Å². The number of methoxy groups -OCH3 is 1. The maximum Gasteiger partial charge on any atom is 0.196 e. The lowest BCUT2D eigenvalue weighted by Gasteiger charge is -1.95. The van der Waals surface area contributed by atoms with E-state index in [9.17, 15) is 0 Å². The number of nitrogens with zero attached hydrogens (tertiary/aromatic N) is 1. The summed E-state index contributed by atoms with van der Waals surface area (Å²) in [4.78, 5) is 3.69. The second-order valence-electron chi connectivity index (χ2n) is 1.03. The molecule has 0 radical (unpaired) electrons. The topological polar surface area (TPSA) is 47.6 Å². The molecule has 0 amide bonds. The number of ether oxygens (including phenoxy) is 1. The van der Waals surface area contributed by atoms with Gasteiger partial charge in [0.25, 0.3) is 0 Å². The van der Waals surface area contributed by atoms with E-state index in [2.05, 4.69) is 22.9 Å². The molecule has 0 saturated heterocycles. The van der Waals surface area contributed by atoms with Crippen LogP contribution >= 0.6 is 12.4 Å². The van der Waals surface area contributed by atoms with Gasteiger partial charge >= 0.3 is 0 Å². The molecule has 2 N–H and O–H groups in total. The van der Waals surface area contributed by atoms with Gasteiger partial charge in [-0.2, -0.15) is 0 Å². The quantitative estimate of drug-likeness (QED) is 0.357. The number of rotatable bonds is 1. The normalized spacial score (nSPS) is 8.50. The van der Waals surface area contributed by atoms with Crippen LogP contribution < -0.4 is 5.73 Å². The number of halogens is 1. The molecule has 0 aliphatic rings. The first-order chi connectivity index (χ1) is 4.35. The van der Waals surface area contributed by atoms with Crippen molar-refractivity contribution < 1.29 is 4.74 Å². The van der Waals surface area contributed by atoms with Crippen LogP contribution in [0, 0.1) is 0 Å².